The topological polar surface area (TPSA) is 110 Å². The molecule has 0 radical (unpaired) electrons. The summed E-state index contributed by atoms with van der Waals surface area (Å²) < 4.78 is 5.39. The lowest BCUT2D eigenvalue weighted by atomic mass is 10.0. The van der Waals surface area contributed by atoms with Crippen LogP contribution in [-0.4, -0.2) is 47.0 Å². The van der Waals surface area contributed by atoms with E-state index in [9.17, 15) is 19.7 Å². The SMILES string of the molecule is COc1cccc2c1CCN(C(=O)c1cc(C(=O)O)cc([N+](=O)[O-])c1)CC2. The zero-order chi connectivity index (χ0) is 19.6. The monoisotopic (exact) mass is 370 g/mol. The Bertz CT molecular complexity index is 892. The lowest BCUT2D eigenvalue weighted by Crippen LogP contribution is -2.33. The molecule has 27 heavy (non-hydrogen) atoms. The smallest absolute Gasteiger partial charge is 0.335 e. The maximum atomic E-state index is 12.9. The van der Waals surface area contributed by atoms with E-state index in [-0.39, 0.29) is 11.1 Å². The molecular weight excluding hydrogens is 352 g/mol. The summed E-state index contributed by atoms with van der Waals surface area (Å²) in [4.78, 5) is 36.1. The van der Waals surface area contributed by atoms with Crippen molar-refractivity contribution < 1.29 is 24.4 Å². The number of benzene rings is 2. The second kappa shape index (κ2) is 7.45. The van der Waals surface area contributed by atoms with Gasteiger partial charge in [-0.25, -0.2) is 4.79 Å². The summed E-state index contributed by atoms with van der Waals surface area (Å²) in [6.45, 7) is 0.849. The van der Waals surface area contributed by atoms with E-state index in [2.05, 4.69) is 0 Å². The molecule has 0 fully saturated rings. The Morgan fingerprint density at radius 1 is 1.15 bits per heavy atom. The van der Waals surface area contributed by atoms with Gasteiger partial charge in [0.05, 0.1) is 17.6 Å². The van der Waals surface area contributed by atoms with Crippen LogP contribution in [-0.2, 0) is 12.8 Å². The Hall–Kier alpha value is -3.42. The molecule has 1 aliphatic rings. The molecule has 0 aliphatic carbocycles. The highest BCUT2D eigenvalue weighted by atomic mass is 16.6. The number of aromatic carboxylic acids is 1. The number of rotatable bonds is 4. The van der Waals surface area contributed by atoms with E-state index in [1.54, 1.807) is 12.0 Å². The number of methoxy groups -OCH3 is 1. The number of amides is 1. The van der Waals surface area contributed by atoms with Gasteiger partial charge in [0.25, 0.3) is 11.6 Å². The predicted octanol–water partition coefficient (Wildman–Crippen LogP) is 2.54. The van der Waals surface area contributed by atoms with Crippen LogP contribution in [0.2, 0.25) is 0 Å². The van der Waals surface area contributed by atoms with Gasteiger partial charge >= 0.3 is 5.97 Å². The number of carboxylic acids is 1. The lowest BCUT2D eigenvalue weighted by Gasteiger charge is -2.20. The predicted molar refractivity (Wildman–Crippen MR) is 96.4 cm³/mol. The first kappa shape index (κ1) is 18.4. The fourth-order valence-electron chi connectivity index (χ4n) is 3.28. The molecule has 0 unspecified atom stereocenters. The highest BCUT2D eigenvalue weighted by Crippen LogP contribution is 2.27. The second-order valence-corrected chi connectivity index (χ2v) is 6.22. The standard InChI is InChI=1S/C19H18N2O6/c1-27-17-4-2-3-12-5-7-20(8-6-16(12)17)18(22)13-9-14(19(23)24)11-15(10-13)21(25)26/h2-4,9-11H,5-8H2,1H3,(H,23,24). The van der Waals surface area contributed by atoms with Crippen LogP contribution < -0.4 is 4.74 Å². The summed E-state index contributed by atoms with van der Waals surface area (Å²) >= 11 is 0. The van der Waals surface area contributed by atoms with Crippen LogP contribution in [0.15, 0.2) is 36.4 Å². The van der Waals surface area contributed by atoms with Crippen LogP contribution in [0.3, 0.4) is 0 Å². The summed E-state index contributed by atoms with van der Waals surface area (Å²) in [7, 11) is 1.60. The van der Waals surface area contributed by atoms with Crippen molar-refractivity contribution in [2.75, 3.05) is 20.2 Å². The van der Waals surface area contributed by atoms with E-state index in [0.29, 0.717) is 25.9 Å². The Balaban J connectivity index is 1.89. The number of hydrogen-bond donors (Lipinski definition) is 1. The van der Waals surface area contributed by atoms with Gasteiger partial charge in [-0.1, -0.05) is 12.1 Å². The van der Waals surface area contributed by atoms with Crippen molar-refractivity contribution in [1.29, 1.82) is 0 Å². The number of carboxylic acid groups (broad SMARTS) is 1. The normalized spacial score (nSPS) is 13.4. The largest absolute Gasteiger partial charge is 0.496 e. The molecule has 0 saturated heterocycles. The van der Waals surface area contributed by atoms with E-state index >= 15 is 0 Å². The van der Waals surface area contributed by atoms with Crippen molar-refractivity contribution in [1.82, 2.24) is 4.90 Å². The fourth-order valence-corrected chi connectivity index (χ4v) is 3.28. The number of carbonyl (C=O) groups excluding carboxylic acids is 1. The molecule has 0 spiro atoms. The zero-order valence-corrected chi connectivity index (χ0v) is 14.7. The number of nitrogens with zero attached hydrogens (tertiary/aromatic N) is 2. The van der Waals surface area contributed by atoms with Crippen LogP contribution in [0.25, 0.3) is 0 Å². The highest BCUT2D eigenvalue weighted by molar-refractivity contribution is 5.98. The van der Waals surface area contributed by atoms with Crippen LogP contribution >= 0.6 is 0 Å². The lowest BCUT2D eigenvalue weighted by molar-refractivity contribution is -0.384. The van der Waals surface area contributed by atoms with E-state index in [1.807, 2.05) is 18.2 Å². The van der Waals surface area contributed by atoms with Gasteiger partial charge in [0, 0.05) is 30.8 Å². The van der Waals surface area contributed by atoms with E-state index in [1.165, 1.54) is 6.07 Å². The summed E-state index contributed by atoms with van der Waals surface area (Å²) in [5.41, 5.74) is 1.43. The molecule has 0 saturated carbocycles. The first-order valence-electron chi connectivity index (χ1n) is 8.37. The van der Waals surface area contributed by atoms with Gasteiger partial charge in [-0.05, 0) is 36.1 Å². The third-order valence-electron chi connectivity index (χ3n) is 4.64. The van der Waals surface area contributed by atoms with E-state index in [4.69, 9.17) is 9.84 Å². The average molecular weight is 370 g/mol. The molecule has 8 heteroatoms. The number of ether oxygens (including phenoxy) is 1. The molecule has 3 rings (SSSR count). The highest BCUT2D eigenvalue weighted by Gasteiger charge is 2.24. The first-order valence-corrected chi connectivity index (χ1v) is 8.37. The third kappa shape index (κ3) is 3.74. The zero-order valence-electron chi connectivity index (χ0n) is 14.7. The number of carbonyl (C=O) groups is 2. The van der Waals surface area contributed by atoms with Crippen LogP contribution in [0, 0.1) is 10.1 Å². The minimum Gasteiger partial charge on any atom is -0.496 e. The van der Waals surface area contributed by atoms with Crippen molar-refractivity contribution in [3.05, 3.63) is 68.8 Å². The molecule has 1 N–H and O–H groups in total. The summed E-state index contributed by atoms with van der Waals surface area (Å²) in [5.74, 6) is -0.973. The third-order valence-corrected chi connectivity index (χ3v) is 4.64. The fraction of sp³-hybridized carbons (Fsp3) is 0.263. The quantitative estimate of drug-likeness (QED) is 0.654. The average Bonchev–Trinajstić information content (AvgIpc) is 2.89. The molecule has 0 atom stereocenters. The van der Waals surface area contributed by atoms with Gasteiger partial charge in [0.2, 0.25) is 0 Å². The van der Waals surface area contributed by atoms with Crippen LogP contribution in [0.4, 0.5) is 5.69 Å². The maximum absolute atomic E-state index is 12.9. The number of fused-ring (bicyclic) bond motifs is 1. The minimum atomic E-state index is -1.32. The Morgan fingerprint density at radius 3 is 2.52 bits per heavy atom. The van der Waals surface area contributed by atoms with Crippen LogP contribution in [0.5, 0.6) is 5.75 Å². The first-order chi connectivity index (χ1) is 12.9. The van der Waals surface area contributed by atoms with Gasteiger partial charge in [-0.15, -0.1) is 0 Å². The van der Waals surface area contributed by atoms with Crippen molar-refractivity contribution in [2.24, 2.45) is 0 Å². The number of hydrogen-bond acceptors (Lipinski definition) is 5. The number of nitro benzene ring substituents is 1. The summed E-state index contributed by atoms with van der Waals surface area (Å²) in [6.07, 6.45) is 1.21. The van der Waals surface area contributed by atoms with E-state index in [0.717, 1.165) is 29.0 Å². The number of nitro groups is 1. The van der Waals surface area contributed by atoms with Gasteiger partial charge in [0.15, 0.2) is 0 Å². The van der Waals surface area contributed by atoms with Crippen LogP contribution in [0.1, 0.15) is 31.8 Å². The van der Waals surface area contributed by atoms with E-state index < -0.39 is 22.5 Å². The maximum Gasteiger partial charge on any atom is 0.335 e. The van der Waals surface area contributed by atoms with Gasteiger partial charge in [-0.3, -0.25) is 14.9 Å². The Kier molecular flexibility index (Phi) is 5.07. The molecule has 1 aliphatic heterocycles. The van der Waals surface area contributed by atoms with Crippen molar-refractivity contribution >= 4 is 17.6 Å². The van der Waals surface area contributed by atoms with Gasteiger partial charge in [-0.2, -0.15) is 0 Å². The van der Waals surface area contributed by atoms with Crippen molar-refractivity contribution in [2.45, 2.75) is 12.8 Å². The molecule has 1 amide bonds. The van der Waals surface area contributed by atoms with Gasteiger partial charge < -0.3 is 14.7 Å². The summed E-state index contributed by atoms with van der Waals surface area (Å²) in [6, 6.07) is 9.00. The molecule has 140 valence electrons. The molecule has 8 nitrogen and oxygen atoms in total. The molecule has 0 bridgehead atoms. The van der Waals surface area contributed by atoms with Crippen molar-refractivity contribution in [3.63, 3.8) is 0 Å². The molecule has 2 aromatic carbocycles. The molecule has 1 heterocycles. The summed E-state index contributed by atoms with van der Waals surface area (Å²) in [5, 5.41) is 20.2. The Labute approximate surface area is 155 Å². The molecular formula is C19H18N2O6. The van der Waals surface area contributed by atoms with Gasteiger partial charge in [0.1, 0.15) is 5.75 Å². The van der Waals surface area contributed by atoms with Crippen molar-refractivity contribution in [3.8, 4) is 5.75 Å². The minimum absolute atomic E-state index is 0.000443. The number of non-ortho nitro benzene ring substituents is 1. The second-order valence-electron chi connectivity index (χ2n) is 6.22. The molecule has 2 aromatic rings. The Morgan fingerprint density at radius 2 is 1.85 bits per heavy atom. The molecule has 0 aromatic heterocycles.